The number of hydrogen-bond donors (Lipinski definition) is 1. The second-order valence-corrected chi connectivity index (χ2v) is 7.29. The van der Waals surface area contributed by atoms with Gasteiger partial charge in [-0.3, -0.25) is 9.69 Å². The standard InChI is InChI=1S/C19H30N2O3/c1-14-10-21(11-15(2)24-14)19(3,4)13-20-18(22)17-8-6-16(7-9-17)12-23-5/h6-9,14-15H,10-13H2,1-5H3,(H,20,22). The first-order valence-electron chi connectivity index (χ1n) is 8.58. The van der Waals surface area contributed by atoms with Gasteiger partial charge in [-0.2, -0.15) is 0 Å². The van der Waals surface area contributed by atoms with Gasteiger partial charge in [0.1, 0.15) is 0 Å². The summed E-state index contributed by atoms with van der Waals surface area (Å²) < 4.78 is 10.9. The van der Waals surface area contributed by atoms with E-state index < -0.39 is 0 Å². The van der Waals surface area contributed by atoms with Crippen molar-refractivity contribution in [1.82, 2.24) is 10.2 Å². The molecule has 1 amide bonds. The summed E-state index contributed by atoms with van der Waals surface area (Å²) in [5, 5.41) is 3.06. The summed E-state index contributed by atoms with van der Waals surface area (Å²) in [5.41, 5.74) is 1.62. The minimum atomic E-state index is -0.113. The molecule has 0 saturated carbocycles. The average molecular weight is 334 g/mol. The highest BCUT2D eigenvalue weighted by Crippen LogP contribution is 2.20. The Morgan fingerprint density at radius 2 is 1.83 bits per heavy atom. The van der Waals surface area contributed by atoms with E-state index in [9.17, 15) is 4.79 Å². The highest BCUT2D eigenvalue weighted by molar-refractivity contribution is 5.94. The summed E-state index contributed by atoms with van der Waals surface area (Å²) in [5.74, 6) is -0.0404. The Morgan fingerprint density at radius 1 is 1.25 bits per heavy atom. The molecular formula is C19H30N2O3. The van der Waals surface area contributed by atoms with E-state index in [0.717, 1.165) is 18.7 Å². The molecule has 1 heterocycles. The number of methoxy groups -OCH3 is 1. The molecule has 1 N–H and O–H groups in total. The predicted octanol–water partition coefficient (Wildman–Crippen LogP) is 2.45. The summed E-state index contributed by atoms with van der Waals surface area (Å²) in [7, 11) is 1.66. The summed E-state index contributed by atoms with van der Waals surface area (Å²) in [6.07, 6.45) is 0.439. The van der Waals surface area contributed by atoms with Crippen LogP contribution in [-0.2, 0) is 16.1 Å². The maximum atomic E-state index is 12.4. The number of rotatable bonds is 6. The van der Waals surface area contributed by atoms with Crippen molar-refractivity contribution in [3.05, 3.63) is 35.4 Å². The third kappa shape index (κ3) is 5.03. The fourth-order valence-electron chi connectivity index (χ4n) is 3.10. The zero-order valence-corrected chi connectivity index (χ0v) is 15.5. The van der Waals surface area contributed by atoms with Crippen molar-refractivity contribution >= 4 is 5.91 Å². The lowest BCUT2D eigenvalue weighted by Gasteiger charge is -2.45. The van der Waals surface area contributed by atoms with Crippen LogP contribution in [0.1, 0.15) is 43.6 Å². The molecule has 2 atom stereocenters. The van der Waals surface area contributed by atoms with Crippen molar-refractivity contribution in [1.29, 1.82) is 0 Å². The van der Waals surface area contributed by atoms with Crippen LogP contribution >= 0.6 is 0 Å². The van der Waals surface area contributed by atoms with Gasteiger partial charge in [-0.05, 0) is 45.4 Å². The molecule has 134 valence electrons. The van der Waals surface area contributed by atoms with Gasteiger partial charge in [-0.1, -0.05) is 12.1 Å². The van der Waals surface area contributed by atoms with Gasteiger partial charge in [0, 0.05) is 37.8 Å². The molecule has 1 aliphatic heterocycles. The number of nitrogens with one attached hydrogen (secondary N) is 1. The molecule has 2 unspecified atom stereocenters. The van der Waals surface area contributed by atoms with Gasteiger partial charge in [-0.15, -0.1) is 0 Å². The molecule has 0 radical (unpaired) electrons. The first-order chi connectivity index (χ1) is 11.3. The van der Waals surface area contributed by atoms with Crippen molar-refractivity contribution in [2.75, 3.05) is 26.7 Å². The molecule has 1 aliphatic rings. The van der Waals surface area contributed by atoms with Gasteiger partial charge < -0.3 is 14.8 Å². The Morgan fingerprint density at radius 3 is 2.38 bits per heavy atom. The lowest BCUT2D eigenvalue weighted by Crippen LogP contribution is -2.58. The van der Waals surface area contributed by atoms with Crippen LogP contribution in [0.25, 0.3) is 0 Å². The number of amides is 1. The second-order valence-electron chi connectivity index (χ2n) is 7.29. The van der Waals surface area contributed by atoms with E-state index in [2.05, 4.69) is 37.9 Å². The summed E-state index contributed by atoms with van der Waals surface area (Å²) in [4.78, 5) is 14.8. The van der Waals surface area contributed by atoms with Crippen LogP contribution < -0.4 is 5.32 Å². The predicted molar refractivity (Wildman–Crippen MR) is 95.1 cm³/mol. The number of benzene rings is 1. The second kappa shape index (κ2) is 8.10. The van der Waals surface area contributed by atoms with E-state index in [-0.39, 0.29) is 23.7 Å². The largest absolute Gasteiger partial charge is 0.380 e. The van der Waals surface area contributed by atoms with Crippen molar-refractivity contribution < 1.29 is 14.3 Å². The van der Waals surface area contributed by atoms with Gasteiger partial charge in [0.2, 0.25) is 0 Å². The average Bonchev–Trinajstić information content (AvgIpc) is 2.53. The van der Waals surface area contributed by atoms with Crippen LogP contribution in [0.5, 0.6) is 0 Å². The van der Waals surface area contributed by atoms with Crippen LogP contribution in [0.15, 0.2) is 24.3 Å². The van der Waals surface area contributed by atoms with Crippen LogP contribution in [0.3, 0.4) is 0 Å². The number of carbonyl (C=O) groups excluding carboxylic acids is 1. The molecule has 0 aromatic heterocycles. The van der Waals surface area contributed by atoms with E-state index in [0.29, 0.717) is 18.7 Å². The molecule has 24 heavy (non-hydrogen) atoms. The number of carbonyl (C=O) groups is 1. The number of ether oxygens (including phenoxy) is 2. The van der Waals surface area contributed by atoms with Gasteiger partial charge >= 0.3 is 0 Å². The molecule has 2 rings (SSSR count). The molecule has 1 fully saturated rings. The van der Waals surface area contributed by atoms with E-state index >= 15 is 0 Å². The van der Waals surface area contributed by atoms with Crippen LogP contribution in [-0.4, -0.2) is 55.3 Å². The first kappa shape index (κ1) is 18.9. The third-order valence-electron chi connectivity index (χ3n) is 4.48. The molecule has 0 bridgehead atoms. The molecule has 1 saturated heterocycles. The number of nitrogens with zero attached hydrogens (tertiary/aromatic N) is 1. The smallest absolute Gasteiger partial charge is 0.251 e. The van der Waals surface area contributed by atoms with E-state index in [4.69, 9.17) is 9.47 Å². The summed E-state index contributed by atoms with van der Waals surface area (Å²) in [6.45, 7) is 11.5. The highest BCUT2D eigenvalue weighted by atomic mass is 16.5. The number of morpholine rings is 1. The molecule has 1 aromatic rings. The third-order valence-corrected chi connectivity index (χ3v) is 4.48. The molecule has 5 nitrogen and oxygen atoms in total. The van der Waals surface area contributed by atoms with E-state index in [1.165, 1.54) is 0 Å². The minimum Gasteiger partial charge on any atom is -0.380 e. The van der Waals surface area contributed by atoms with Crippen molar-refractivity contribution in [3.8, 4) is 0 Å². The fraction of sp³-hybridized carbons (Fsp3) is 0.632. The maximum absolute atomic E-state index is 12.4. The topological polar surface area (TPSA) is 50.8 Å². The van der Waals surface area contributed by atoms with Crippen molar-refractivity contribution in [2.24, 2.45) is 0 Å². The van der Waals surface area contributed by atoms with Crippen LogP contribution in [0.2, 0.25) is 0 Å². The fourth-order valence-corrected chi connectivity index (χ4v) is 3.10. The van der Waals surface area contributed by atoms with E-state index in [1.807, 2.05) is 24.3 Å². The Bertz CT molecular complexity index is 532. The highest BCUT2D eigenvalue weighted by Gasteiger charge is 2.33. The van der Waals surface area contributed by atoms with Gasteiger partial charge in [-0.25, -0.2) is 0 Å². The first-order valence-corrected chi connectivity index (χ1v) is 8.58. The Hall–Kier alpha value is -1.43. The van der Waals surface area contributed by atoms with Gasteiger partial charge in [0.15, 0.2) is 0 Å². The Kier molecular flexibility index (Phi) is 6.38. The molecular weight excluding hydrogens is 304 g/mol. The zero-order valence-electron chi connectivity index (χ0n) is 15.5. The SMILES string of the molecule is COCc1ccc(C(=O)NCC(C)(C)N2CC(C)OC(C)C2)cc1. The lowest BCUT2D eigenvalue weighted by molar-refractivity contribution is -0.0948. The summed E-state index contributed by atoms with van der Waals surface area (Å²) >= 11 is 0. The van der Waals surface area contributed by atoms with Gasteiger partial charge in [0.25, 0.3) is 5.91 Å². The summed E-state index contributed by atoms with van der Waals surface area (Å²) in [6, 6.07) is 7.54. The normalized spacial score (nSPS) is 22.4. The molecule has 0 spiro atoms. The Balaban J connectivity index is 1.91. The zero-order chi connectivity index (χ0) is 17.7. The maximum Gasteiger partial charge on any atom is 0.251 e. The lowest BCUT2D eigenvalue weighted by atomic mass is 10.00. The van der Waals surface area contributed by atoms with Crippen molar-refractivity contribution in [3.63, 3.8) is 0 Å². The minimum absolute atomic E-state index is 0.0404. The monoisotopic (exact) mass is 334 g/mol. The molecule has 1 aromatic carbocycles. The molecule has 0 aliphatic carbocycles. The van der Waals surface area contributed by atoms with Gasteiger partial charge in [0.05, 0.1) is 18.8 Å². The van der Waals surface area contributed by atoms with Crippen LogP contribution in [0.4, 0.5) is 0 Å². The Labute approximate surface area is 145 Å². The molecule has 5 heteroatoms. The quantitative estimate of drug-likeness (QED) is 0.868. The van der Waals surface area contributed by atoms with E-state index in [1.54, 1.807) is 7.11 Å². The van der Waals surface area contributed by atoms with Crippen molar-refractivity contribution in [2.45, 2.75) is 52.0 Å². The number of hydrogen-bond acceptors (Lipinski definition) is 4. The van der Waals surface area contributed by atoms with Crippen LogP contribution in [0, 0.1) is 0 Å².